The monoisotopic (exact) mass is 282 g/mol. The van der Waals surface area contributed by atoms with Crippen molar-refractivity contribution in [3.63, 3.8) is 0 Å². The molecule has 1 aromatic rings. The molecule has 0 bridgehead atoms. The van der Waals surface area contributed by atoms with E-state index in [1.54, 1.807) is 0 Å². The van der Waals surface area contributed by atoms with Crippen LogP contribution in [0.15, 0.2) is 18.2 Å². The van der Waals surface area contributed by atoms with E-state index in [-0.39, 0.29) is 5.78 Å². The van der Waals surface area contributed by atoms with Gasteiger partial charge in [-0.2, -0.15) is 0 Å². The Morgan fingerprint density at radius 1 is 1.38 bits per heavy atom. The first-order valence-corrected chi connectivity index (χ1v) is 5.79. The molecule has 2 radical (unpaired) electrons. The second-order valence-electron chi connectivity index (χ2n) is 3.67. The summed E-state index contributed by atoms with van der Waals surface area (Å²) in [6, 6.07) is 5.77. The summed E-state index contributed by atoms with van der Waals surface area (Å²) in [6.07, 6.45) is 0. The number of Topliss-reactive ketones (excluding diaryl/α,β-unsaturated/α-hetero) is 1. The maximum atomic E-state index is 11.8. The predicted molar refractivity (Wildman–Crippen MR) is 52.3 cm³/mol. The van der Waals surface area contributed by atoms with E-state index in [1.165, 1.54) is 0 Å². The van der Waals surface area contributed by atoms with Crippen LogP contribution in [0.2, 0.25) is 0 Å². The van der Waals surface area contributed by atoms with Crippen LogP contribution in [-0.4, -0.2) is 33.9 Å². The fourth-order valence-electron chi connectivity index (χ4n) is 1.47. The zero-order valence-corrected chi connectivity index (χ0v) is 10.9. The van der Waals surface area contributed by atoms with E-state index in [2.05, 4.69) is 0 Å². The Morgan fingerprint density at radius 2 is 2.08 bits per heavy atom. The molecule has 0 spiro atoms. The van der Waals surface area contributed by atoms with Gasteiger partial charge in [-0.25, -0.2) is 0 Å². The first kappa shape index (κ1) is 9.06. The van der Waals surface area contributed by atoms with Gasteiger partial charge in [0, 0.05) is 0 Å². The molecule has 0 fully saturated rings. The van der Waals surface area contributed by atoms with E-state index in [4.69, 9.17) is 4.74 Å². The molecule has 0 saturated carbocycles. The van der Waals surface area contributed by atoms with Crippen molar-refractivity contribution in [1.82, 2.24) is 0 Å². The third-order valence-corrected chi connectivity index (χ3v) is 3.49. The number of hydrogen-bond donors (Lipinski definition) is 0. The number of fused-ring (bicyclic) bond motifs is 1. The molecule has 2 nitrogen and oxygen atoms in total. The van der Waals surface area contributed by atoms with E-state index in [1.807, 2.05) is 32.0 Å². The minimum absolute atomic E-state index is 0.0960. The average Bonchev–Trinajstić information content (AvgIpc) is 2.28. The Bertz CT molecular complexity index is 383. The van der Waals surface area contributed by atoms with Gasteiger partial charge in [0.15, 0.2) is 0 Å². The topological polar surface area (TPSA) is 26.3 Å². The van der Waals surface area contributed by atoms with Crippen LogP contribution in [0.1, 0.15) is 24.2 Å². The minimum atomic E-state index is -0.665. The molecule has 13 heavy (non-hydrogen) atoms. The number of carbonyl (C=O) groups is 1. The number of para-hydroxylation sites is 1. The van der Waals surface area contributed by atoms with Gasteiger partial charge in [-0.3, -0.25) is 0 Å². The van der Waals surface area contributed by atoms with Gasteiger partial charge in [0.2, 0.25) is 0 Å². The van der Waals surface area contributed by atoms with E-state index in [0.717, 1.165) is 37.4 Å². The van der Waals surface area contributed by atoms with Crippen LogP contribution in [0.25, 0.3) is 0 Å². The Morgan fingerprint density at radius 3 is 2.69 bits per heavy atom. The van der Waals surface area contributed by atoms with Gasteiger partial charge in [-0.15, -0.1) is 0 Å². The van der Waals surface area contributed by atoms with E-state index < -0.39 is 5.60 Å². The molecule has 0 aliphatic carbocycles. The van der Waals surface area contributed by atoms with Crippen molar-refractivity contribution in [2.45, 2.75) is 19.4 Å². The molecular weight excluding hydrogens is 271 g/mol. The molecule has 2 rings (SSSR count). The summed E-state index contributed by atoms with van der Waals surface area (Å²) < 4.78 is 6.77. The quantitative estimate of drug-likeness (QED) is 0.650. The molecule has 0 atom stereocenters. The molecule has 1 aliphatic heterocycles. The predicted octanol–water partition coefficient (Wildman–Crippen LogP) is 0.566. The molecule has 1 aromatic carbocycles. The van der Waals surface area contributed by atoms with E-state index in [9.17, 15) is 4.79 Å². The van der Waals surface area contributed by atoms with Gasteiger partial charge >= 0.3 is 90.4 Å². The number of rotatable bonds is 0. The van der Waals surface area contributed by atoms with Crippen molar-refractivity contribution in [2.24, 2.45) is 0 Å². The Labute approximate surface area is 90.4 Å². The second-order valence-corrected chi connectivity index (χ2v) is 5.44. The van der Waals surface area contributed by atoms with E-state index in [0.29, 0.717) is 0 Å². The third kappa shape index (κ3) is 1.27. The van der Waals surface area contributed by atoms with Gasteiger partial charge in [0.1, 0.15) is 0 Å². The van der Waals surface area contributed by atoms with E-state index >= 15 is 0 Å². The molecule has 0 saturated heterocycles. The van der Waals surface area contributed by atoms with Crippen LogP contribution in [0.4, 0.5) is 0 Å². The summed E-state index contributed by atoms with van der Waals surface area (Å²) in [5.41, 5.74) is 0.0802. The number of hydrogen-bond acceptors (Lipinski definition) is 2. The van der Waals surface area contributed by atoms with Crippen LogP contribution in [0.5, 0.6) is 5.75 Å². The van der Waals surface area contributed by atoms with Gasteiger partial charge in [-0.05, 0) is 0 Å². The first-order chi connectivity index (χ1) is 6.02. The van der Waals surface area contributed by atoms with Gasteiger partial charge in [0.25, 0.3) is 0 Å². The molecule has 0 unspecified atom stereocenters. The number of ketones is 1. The Hall–Kier alpha value is -0.511. The zero-order chi connectivity index (χ0) is 9.64. The van der Waals surface area contributed by atoms with Gasteiger partial charge in [-0.1, -0.05) is 0 Å². The summed E-state index contributed by atoms with van der Waals surface area (Å²) in [6.45, 7) is 3.63. The molecule has 0 amide bonds. The number of carbonyl (C=O) groups excluding carboxylic acids is 1. The zero-order valence-electron chi connectivity index (χ0n) is 7.63. The summed E-state index contributed by atoms with van der Waals surface area (Å²) in [4.78, 5) is 11.8. The summed E-state index contributed by atoms with van der Waals surface area (Å²) in [5, 5.41) is 0. The van der Waals surface area contributed by atoms with Crippen molar-refractivity contribution in [3.8, 4) is 5.75 Å². The van der Waals surface area contributed by atoms with Crippen LogP contribution in [-0.2, 0) is 0 Å². The number of ether oxygens (including phenoxy) is 1. The maximum absolute atomic E-state index is 11.8. The Balaban J connectivity index is 2.63. The van der Waals surface area contributed by atoms with Crippen molar-refractivity contribution < 1.29 is 9.53 Å². The second kappa shape index (κ2) is 2.74. The molecule has 3 heteroatoms. The third-order valence-electron chi connectivity index (χ3n) is 2.19. The molecule has 0 aromatic heterocycles. The van der Waals surface area contributed by atoms with Crippen molar-refractivity contribution in [3.05, 3.63) is 23.8 Å². The molecular formula is C10H10O2Sn. The average molecular weight is 281 g/mol. The normalized spacial score (nSPS) is 18.2. The standard InChI is InChI=1S/C10H9O2.Sn.H/c1-10(2)9(11)7-5-3-4-6-8(7)12-10;;/h3-5H,1-2H3;;. The number of benzene rings is 1. The summed E-state index contributed by atoms with van der Waals surface area (Å²) in [5.74, 6) is 0.901. The first-order valence-electron chi connectivity index (χ1n) is 4.15. The summed E-state index contributed by atoms with van der Waals surface area (Å²) in [7, 11) is 0. The van der Waals surface area contributed by atoms with Crippen LogP contribution < -0.4 is 8.32 Å². The summed E-state index contributed by atoms with van der Waals surface area (Å²) >= 11 is 0.983. The fourth-order valence-corrected chi connectivity index (χ4v) is 2.40. The molecule has 1 aliphatic rings. The van der Waals surface area contributed by atoms with Crippen LogP contribution in [0.3, 0.4) is 0 Å². The fraction of sp³-hybridized carbons (Fsp3) is 0.300. The van der Waals surface area contributed by atoms with Gasteiger partial charge in [0.05, 0.1) is 0 Å². The van der Waals surface area contributed by atoms with Crippen LogP contribution >= 0.6 is 0 Å². The van der Waals surface area contributed by atoms with Crippen molar-refractivity contribution in [1.29, 1.82) is 0 Å². The molecule has 0 N–H and O–H groups in total. The van der Waals surface area contributed by atoms with Gasteiger partial charge < -0.3 is 0 Å². The van der Waals surface area contributed by atoms with Crippen LogP contribution in [0, 0.1) is 0 Å². The van der Waals surface area contributed by atoms with Crippen molar-refractivity contribution >= 4 is 31.9 Å². The van der Waals surface area contributed by atoms with Crippen molar-refractivity contribution in [2.75, 3.05) is 0 Å². The molecule has 1 heterocycles. The Kier molecular flexibility index (Phi) is 1.91. The SMILES string of the molecule is CC1(C)Oc2[c]([SnH])cccc2C1=O. The molecule has 66 valence electrons.